The van der Waals surface area contributed by atoms with Crippen molar-refractivity contribution in [3.63, 3.8) is 0 Å². The van der Waals surface area contributed by atoms with Gasteiger partial charge in [0.25, 0.3) is 0 Å². The quantitative estimate of drug-likeness (QED) is 0.662. The average molecular weight is 335 g/mol. The minimum absolute atomic E-state index is 0.0760. The van der Waals surface area contributed by atoms with E-state index >= 15 is 0 Å². The lowest BCUT2D eigenvalue weighted by atomic mass is 10.1. The fourth-order valence-corrected chi connectivity index (χ4v) is 2.03. The molecule has 1 aliphatic heterocycles. The van der Waals surface area contributed by atoms with Gasteiger partial charge >= 0.3 is 12.4 Å². The number of alkyl halides is 6. The molecule has 0 amide bonds. The molecule has 0 unspecified atom stereocenters. The maximum absolute atomic E-state index is 12.8. The van der Waals surface area contributed by atoms with Crippen LogP contribution in [0.4, 0.5) is 32.0 Å². The number of anilines is 1. The zero-order chi connectivity index (χ0) is 17.3. The number of aliphatic imine (C=N–C) groups is 1. The molecule has 1 heterocycles. The number of halogens is 6. The average Bonchev–Trinajstić information content (AvgIpc) is 2.91. The van der Waals surface area contributed by atoms with Gasteiger partial charge in [0.05, 0.1) is 16.8 Å². The fourth-order valence-electron chi connectivity index (χ4n) is 2.03. The Hall–Kier alpha value is -2.37. The molecule has 0 spiro atoms. The third-order valence-electron chi connectivity index (χ3n) is 3.08. The van der Waals surface area contributed by atoms with E-state index in [1.165, 1.54) is 5.01 Å². The van der Waals surface area contributed by atoms with Crippen LogP contribution in [-0.2, 0) is 12.4 Å². The van der Waals surface area contributed by atoms with Crippen molar-refractivity contribution in [2.45, 2.75) is 18.8 Å². The van der Waals surface area contributed by atoms with Crippen molar-refractivity contribution in [3.05, 3.63) is 29.3 Å². The monoisotopic (exact) mass is 335 g/mol. The second-order valence-corrected chi connectivity index (χ2v) is 4.74. The van der Waals surface area contributed by atoms with Gasteiger partial charge in [-0.05, 0) is 18.2 Å². The lowest BCUT2D eigenvalue weighted by Crippen LogP contribution is -2.33. The number of rotatable bonds is 2. The topological polar surface area (TPSA) is 27.6 Å². The van der Waals surface area contributed by atoms with Gasteiger partial charge < -0.3 is 0 Å². The van der Waals surface area contributed by atoms with Gasteiger partial charge in [-0.25, -0.2) is 0 Å². The molecule has 1 saturated heterocycles. The SMILES string of the molecule is C#CCN=C1CCN(c2cc(C(F)(F)F)cc(C(F)(F)F)c2)N1. The summed E-state index contributed by atoms with van der Waals surface area (Å²) in [5.41, 5.74) is -0.311. The Morgan fingerprint density at radius 3 is 2.13 bits per heavy atom. The van der Waals surface area contributed by atoms with Gasteiger partial charge in [-0.1, -0.05) is 5.92 Å². The molecule has 1 fully saturated rings. The van der Waals surface area contributed by atoms with Crippen molar-refractivity contribution < 1.29 is 26.3 Å². The summed E-state index contributed by atoms with van der Waals surface area (Å²) in [5.74, 6) is 2.67. The lowest BCUT2D eigenvalue weighted by molar-refractivity contribution is -0.143. The highest BCUT2D eigenvalue weighted by Gasteiger charge is 2.37. The van der Waals surface area contributed by atoms with Crippen molar-refractivity contribution in [1.82, 2.24) is 5.43 Å². The van der Waals surface area contributed by atoms with Gasteiger partial charge in [0.15, 0.2) is 0 Å². The van der Waals surface area contributed by atoms with Crippen LogP contribution >= 0.6 is 0 Å². The molecule has 3 nitrogen and oxygen atoms in total. The third kappa shape index (κ3) is 4.09. The van der Waals surface area contributed by atoms with Gasteiger partial charge in [-0.15, -0.1) is 6.42 Å². The van der Waals surface area contributed by atoms with E-state index in [4.69, 9.17) is 6.42 Å². The number of nitrogens with one attached hydrogen (secondary N) is 1. The van der Waals surface area contributed by atoms with E-state index in [9.17, 15) is 26.3 Å². The molecule has 124 valence electrons. The highest BCUT2D eigenvalue weighted by molar-refractivity contribution is 5.87. The Bertz CT molecular complexity index is 622. The summed E-state index contributed by atoms with van der Waals surface area (Å²) in [7, 11) is 0. The van der Waals surface area contributed by atoms with E-state index in [0.717, 1.165) is 0 Å². The van der Waals surface area contributed by atoms with Gasteiger partial charge in [-0.3, -0.25) is 15.4 Å². The van der Waals surface area contributed by atoms with Crippen LogP contribution in [0.5, 0.6) is 0 Å². The van der Waals surface area contributed by atoms with Crippen LogP contribution in [-0.4, -0.2) is 18.9 Å². The zero-order valence-corrected chi connectivity index (χ0v) is 11.6. The first-order valence-corrected chi connectivity index (χ1v) is 6.42. The Morgan fingerprint density at radius 2 is 1.65 bits per heavy atom. The van der Waals surface area contributed by atoms with E-state index in [1.54, 1.807) is 0 Å². The molecule has 0 aromatic heterocycles. The maximum atomic E-state index is 12.8. The summed E-state index contributed by atoms with van der Waals surface area (Å²) in [6, 6.07) is 1.41. The summed E-state index contributed by atoms with van der Waals surface area (Å²) in [6.07, 6.45) is -4.37. The van der Waals surface area contributed by atoms with Gasteiger partial charge in [-0.2, -0.15) is 26.3 Å². The van der Waals surface area contributed by atoms with Crippen molar-refractivity contribution in [1.29, 1.82) is 0 Å². The predicted molar refractivity (Wildman–Crippen MR) is 72.7 cm³/mol. The number of nitrogens with zero attached hydrogens (tertiary/aromatic N) is 2. The number of hydrogen-bond acceptors (Lipinski definition) is 2. The van der Waals surface area contributed by atoms with Crippen molar-refractivity contribution in [3.8, 4) is 12.3 Å². The summed E-state index contributed by atoms with van der Waals surface area (Å²) < 4.78 is 76.9. The summed E-state index contributed by atoms with van der Waals surface area (Å²) in [5, 5.41) is 1.18. The van der Waals surface area contributed by atoms with Crippen LogP contribution in [0.2, 0.25) is 0 Å². The number of amidine groups is 1. The van der Waals surface area contributed by atoms with Gasteiger partial charge in [0.1, 0.15) is 12.4 Å². The molecule has 1 aromatic carbocycles. The molecule has 0 aliphatic carbocycles. The molecule has 0 saturated carbocycles. The van der Waals surface area contributed by atoms with E-state index in [1.807, 2.05) is 0 Å². The molecule has 1 aromatic rings. The fraction of sp³-hybridized carbons (Fsp3) is 0.357. The predicted octanol–water partition coefficient (Wildman–Crippen LogP) is 3.47. The number of hydrazine groups is 1. The highest BCUT2D eigenvalue weighted by atomic mass is 19.4. The summed E-state index contributed by atoms with van der Waals surface area (Å²) in [6.45, 7) is 0.259. The number of terminal acetylenes is 1. The molecule has 1 aliphatic rings. The van der Waals surface area contributed by atoms with Crippen LogP contribution in [0, 0.1) is 12.3 Å². The molecule has 0 radical (unpaired) electrons. The van der Waals surface area contributed by atoms with E-state index in [-0.39, 0.29) is 24.8 Å². The van der Waals surface area contributed by atoms with Gasteiger partial charge in [0, 0.05) is 13.0 Å². The minimum Gasteiger partial charge on any atom is -0.286 e. The Labute approximate surface area is 128 Å². The zero-order valence-electron chi connectivity index (χ0n) is 11.6. The molecule has 0 bridgehead atoms. The molecular formula is C14H11F6N3. The molecule has 23 heavy (non-hydrogen) atoms. The third-order valence-corrected chi connectivity index (χ3v) is 3.08. The van der Waals surface area contributed by atoms with Crippen LogP contribution in [0.1, 0.15) is 17.5 Å². The Balaban J connectivity index is 2.38. The lowest BCUT2D eigenvalue weighted by Gasteiger charge is -2.21. The minimum atomic E-state index is -4.88. The van der Waals surface area contributed by atoms with Gasteiger partial charge in [0.2, 0.25) is 0 Å². The van der Waals surface area contributed by atoms with Crippen LogP contribution < -0.4 is 10.4 Å². The molecular weight excluding hydrogens is 324 g/mol. The Kier molecular flexibility index (Phi) is 4.45. The Morgan fingerprint density at radius 1 is 1.09 bits per heavy atom. The van der Waals surface area contributed by atoms with Crippen molar-refractivity contribution in [2.75, 3.05) is 18.1 Å². The van der Waals surface area contributed by atoms with E-state index in [2.05, 4.69) is 16.3 Å². The van der Waals surface area contributed by atoms with Crippen LogP contribution in [0.15, 0.2) is 23.2 Å². The maximum Gasteiger partial charge on any atom is 0.416 e. The number of hydrogen-bond donors (Lipinski definition) is 1. The van der Waals surface area contributed by atoms with E-state index < -0.39 is 23.5 Å². The smallest absolute Gasteiger partial charge is 0.286 e. The summed E-state index contributed by atoms with van der Waals surface area (Å²) >= 11 is 0. The summed E-state index contributed by atoms with van der Waals surface area (Å²) in [4.78, 5) is 3.94. The molecule has 0 atom stereocenters. The first-order valence-electron chi connectivity index (χ1n) is 6.42. The van der Waals surface area contributed by atoms with E-state index in [0.29, 0.717) is 24.4 Å². The largest absolute Gasteiger partial charge is 0.416 e. The molecule has 2 rings (SSSR count). The normalized spacial score (nSPS) is 17.3. The first kappa shape index (κ1) is 17.0. The van der Waals surface area contributed by atoms with Crippen molar-refractivity contribution >= 4 is 11.5 Å². The van der Waals surface area contributed by atoms with Crippen LogP contribution in [0.25, 0.3) is 0 Å². The first-order chi connectivity index (χ1) is 10.6. The standard InChI is InChI=1S/C14H11F6N3/c1-2-4-21-12-3-5-23(22-12)11-7-9(13(15,16)17)6-10(8-11)14(18,19)20/h1,6-8H,3-5H2,(H,21,22). The molecule has 9 heteroatoms. The highest BCUT2D eigenvalue weighted by Crippen LogP contribution is 2.38. The second kappa shape index (κ2) is 6.02. The molecule has 1 N–H and O–H groups in total. The van der Waals surface area contributed by atoms with Crippen LogP contribution in [0.3, 0.4) is 0 Å². The number of benzene rings is 1. The second-order valence-electron chi connectivity index (χ2n) is 4.74. The van der Waals surface area contributed by atoms with Crippen molar-refractivity contribution in [2.24, 2.45) is 4.99 Å².